The number of halogens is 1. The van der Waals surface area contributed by atoms with E-state index in [9.17, 15) is 14.0 Å². The molecule has 0 unspecified atom stereocenters. The number of carbonyl (C=O) groups is 2. The maximum absolute atomic E-state index is 13.5. The first kappa shape index (κ1) is 10.4. The van der Waals surface area contributed by atoms with Crippen LogP contribution in [0.4, 0.5) is 14.9 Å². The molecule has 0 saturated carbocycles. The number of cyclic esters (lactones) is 1. The van der Waals surface area contributed by atoms with E-state index in [1.54, 1.807) is 0 Å². The number of nitrogens with zero attached hydrogens (tertiary/aromatic N) is 1. The van der Waals surface area contributed by atoms with Crippen molar-refractivity contribution < 1.29 is 23.8 Å². The minimum absolute atomic E-state index is 0.0695. The first-order valence-electron chi connectivity index (χ1n) is 4.57. The second kappa shape index (κ2) is 3.80. The van der Waals surface area contributed by atoms with Crippen LogP contribution in [0, 0.1) is 5.82 Å². The summed E-state index contributed by atoms with van der Waals surface area (Å²) in [6.07, 6.45) is -1.32. The van der Waals surface area contributed by atoms with E-state index in [4.69, 9.17) is 9.84 Å². The van der Waals surface area contributed by atoms with Gasteiger partial charge in [0.15, 0.2) is 0 Å². The molecule has 0 saturated heterocycles. The Hall–Kier alpha value is -2.11. The fourth-order valence-electron chi connectivity index (χ4n) is 1.56. The number of fused-ring (bicyclic) bond motifs is 1. The average molecular weight is 225 g/mol. The van der Waals surface area contributed by atoms with Crippen molar-refractivity contribution in [2.24, 2.45) is 0 Å². The van der Waals surface area contributed by atoms with E-state index >= 15 is 0 Å². The zero-order chi connectivity index (χ0) is 11.7. The molecule has 1 N–H and O–H groups in total. The Balaban J connectivity index is 2.62. The summed E-state index contributed by atoms with van der Waals surface area (Å²) >= 11 is 0. The van der Waals surface area contributed by atoms with Crippen molar-refractivity contribution in [1.29, 1.82) is 0 Å². The van der Waals surface area contributed by atoms with Crippen LogP contribution in [0.25, 0.3) is 0 Å². The topological polar surface area (TPSA) is 66.8 Å². The normalized spacial score (nSPS) is 15.1. The summed E-state index contributed by atoms with van der Waals surface area (Å²) in [6.45, 7) is -0.158. The number of amides is 1. The number of esters is 1. The Bertz CT molecular complexity index is 460. The van der Waals surface area contributed by atoms with Crippen LogP contribution in [0.2, 0.25) is 0 Å². The molecule has 0 atom stereocenters. The largest absolute Gasteiger partial charge is 0.465 e. The molecular weight excluding hydrogens is 217 g/mol. The van der Waals surface area contributed by atoms with Gasteiger partial charge in [-0.05, 0) is 12.1 Å². The molecule has 2 rings (SSSR count). The lowest BCUT2D eigenvalue weighted by Gasteiger charge is -2.17. The van der Waals surface area contributed by atoms with Crippen LogP contribution in [-0.2, 0) is 4.74 Å². The zero-order valence-corrected chi connectivity index (χ0v) is 8.14. The number of ether oxygens (including phenoxy) is 1. The van der Waals surface area contributed by atoms with Crippen molar-refractivity contribution in [1.82, 2.24) is 0 Å². The molecule has 0 radical (unpaired) electrons. The summed E-state index contributed by atoms with van der Waals surface area (Å²) in [5.74, 6) is -1.46. The summed E-state index contributed by atoms with van der Waals surface area (Å²) in [5, 5.41) is 8.91. The zero-order valence-electron chi connectivity index (χ0n) is 8.14. The third-order valence-corrected chi connectivity index (χ3v) is 2.26. The number of para-hydroxylation sites is 1. The number of hydrogen-bond acceptors (Lipinski definition) is 3. The van der Waals surface area contributed by atoms with Crippen LogP contribution in [-0.4, -0.2) is 30.3 Å². The Morgan fingerprint density at radius 2 is 2.25 bits per heavy atom. The highest BCUT2D eigenvalue weighted by atomic mass is 19.1. The minimum Gasteiger partial charge on any atom is -0.465 e. The van der Waals surface area contributed by atoms with E-state index in [1.165, 1.54) is 12.1 Å². The van der Waals surface area contributed by atoms with Gasteiger partial charge in [0.1, 0.15) is 12.4 Å². The summed E-state index contributed by atoms with van der Waals surface area (Å²) < 4.78 is 18.3. The number of carbonyl (C=O) groups excluding carboxylic acids is 1. The van der Waals surface area contributed by atoms with E-state index in [0.29, 0.717) is 0 Å². The monoisotopic (exact) mass is 225 g/mol. The molecule has 0 aromatic heterocycles. The van der Waals surface area contributed by atoms with E-state index in [-0.39, 0.29) is 24.4 Å². The van der Waals surface area contributed by atoms with Gasteiger partial charge < -0.3 is 9.84 Å². The molecule has 1 heterocycles. The molecule has 1 aliphatic rings. The van der Waals surface area contributed by atoms with Crippen LogP contribution in [0.5, 0.6) is 0 Å². The van der Waals surface area contributed by atoms with Gasteiger partial charge in [-0.2, -0.15) is 0 Å². The van der Waals surface area contributed by atoms with Crippen molar-refractivity contribution in [3.05, 3.63) is 29.6 Å². The van der Waals surface area contributed by atoms with Gasteiger partial charge in [-0.15, -0.1) is 0 Å². The molecule has 16 heavy (non-hydrogen) atoms. The molecule has 1 aromatic rings. The van der Waals surface area contributed by atoms with Gasteiger partial charge in [-0.25, -0.2) is 14.0 Å². The molecule has 0 bridgehead atoms. The quantitative estimate of drug-likeness (QED) is 0.679. The second-order valence-corrected chi connectivity index (χ2v) is 3.21. The number of anilines is 1. The van der Waals surface area contributed by atoms with Crippen LogP contribution in [0.15, 0.2) is 18.2 Å². The van der Waals surface area contributed by atoms with E-state index in [2.05, 4.69) is 0 Å². The molecule has 0 fully saturated rings. The number of hydrogen-bond donors (Lipinski definition) is 1. The molecule has 84 valence electrons. The minimum atomic E-state index is -1.32. The third kappa shape index (κ3) is 1.58. The maximum atomic E-state index is 13.5. The molecular formula is C10H8FNO4. The van der Waals surface area contributed by atoms with Crippen molar-refractivity contribution in [3.63, 3.8) is 0 Å². The fraction of sp³-hybridized carbons (Fsp3) is 0.200. The fourth-order valence-corrected chi connectivity index (χ4v) is 1.56. The van der Waals surface area contributed by atoms with Crippen LogP contribution in [0.1, 0.15) is 10.4 Å². The number of benzene rings is 1. The van der Waals surface area contributed by atoms with Gasteiger partial charge in [-0.3, -0.25) is 4.90 Å². The summed E-state index contributed by atoms with van der Waals surface area (Å²) in [6, 6.07) is 3.77. The van der Waals surface area contributed by atoms with Gasteiger partial charge in [0.2, 0.25) is 0 Å². The average Bonchev–Trinajstić information content (AvgIpc) is 2.40. The SMILES string of the molecule is O=C1OCCN(C(=O)O)c2c(F)cccc21. The molecule has 5 nitrogen and oxygen atoms in total. The molecule has 1 aliphatic heterocycles. The molecule has 1 aromatic carbocycles. The summed E-state index contributed by atoms with van der Waals surface area (Å²) in [4.78, 5) is 23.1. The Morgan fingerprint density at radius 1 is 1.50 bits per heavy atom. The van der Waals surface area contributed by atoms with Gasteiger partial charge in [-0.1, -0.05) is 6.07 Å². The summed E-state index contributed by atoms with van der Waals surface area (Å²) in [5.41, 5.74) is -0.308. The standard InChI is InChI=1S/C10H8FNO4/c11-7-3-1-2-6-8(7)12(10(14)15)4-5-16-9(6)13/h1-3H,4-5H2,(H,14,15). The predicted molar refractivity (Wildman–Crippen MR) is 52.1 cm³/mol. The van der Waals surface area contributed by atoms with Crippen molar-refractivity contribution in [2.75, 3.05) is 18.1 Å². The lowest BCUT2D eigenvalue weighted by atomic mass is 10.1. The Kier molecular flexibility index (Phi) is 2.47. The molecule has 0 spiro atoms. The van der Waals surface area contributed by atoms with Crippen molar-refractivity contribution >= 4 is 17.7 Å². The first-order chi connectivity index (χ1) is 7.61. The third-order valence-electron chi connectivity index (χ3n) is 2.26. The van der Waals surface area contributed by atoms with Crippen molar-refractivity contribution in [3.8, 4) is 0 Å². The predicted octanol–water partition coefficient (Wildman–Crippen LogP) is 1.48. The van der Waals surface area contributed by atoms with E-state index in [1.807, 2.05) is 0 Å². The molecule has 1 amide bonds. The van der Waals surface area contributed by atoms with E-state index in [0.717, 1.165) is 11.0 Å². The highest BCUT2D eigenvalue weighted by Gasteiger charge is 2.28. The summed E-state index contributed by atoms with van der Waals surface area (Å²) in [7, 11) is 0. The number of rotatable bonds is 0. The molecule has 6 heteroatoms. The van der Waals surface area contributed by atoms with Gasteiger partial charge >= 0.3 is 12.1 Å². The highest BCUT2D eigenvalue weighted by molar-refractivity contribution is 6.01. The lowest BCUT2D eigenvalue weighted by molar-refractivity contribution is 0.0525. The van der Waals surface area contributed by atoms with Gasteiger partial charge in [0.05, 0.1) is 17.8 Å². The lowest BCUT2D eigenvalue weighted by Crippen LogP contribution is -2.32. The van der Waals surface area contributed by atoms with E-state index < -0.39 is 17.9 Å². The first-order valence-corrected chi connectivity index (χ1v) is 4.57. The molecule has 0 aliphatic carbocycles. The number of carboxylic acid groups (broad SMARTS) is 1. The van der Waals surface area contributed by atoms with Gasteiger partial charge in [0, 0.05) is 0 Å². The maximum Gasteiger partial charge on any atom is 0.412 e. The second-order valence-electron chi connectivity index (χ2n) is 3.21. The van der Waals surface area contributed by atoms with Crippen LogP contribution in [0.3, 0.4) is 0 Å². The van der Waals surface area contributed by atoms with Gasteiger partial charge in [0.25, 0.3) is 0 Å². The Morgan fingerprint density at radius 3 is 2.94 bits per heavy atom. The van der Waals surface area contributed by atoms with Crippen LogP contribution < -0.4 is 4.90 Å². The van der Waals surface area contributed by atoms with Crippen LogP contribution >= 0.6 is 0 Å². The van der Waals surface area contributed by atoms with Crippen molar-refractivity contribution in [2.45, 2.75) is 0 Å². The highest BCUT2D eigenvalue weighted by Crippen LogP contribution is 2.27. The Labute approximate surface area is 90.0 Å². The smallest absolute Gasteiger partial charge is 0.412 e.